The molecular weight excluding hydrogens is 466 g/mol. The highest BCUT2D eigenvalue weighted by molar-refractivity contribution is 6.00. The fraction of sp³-hybridized carbons (Fsp3) is 0.286. The van der Waals surface area contributed by atoms with E-state index in [1.807, 2.05) is 30.3 Å². The lowest BCUT2D eigenvalue weighted by Crippen LogP contribution is -2.52. The van der Waals surface area contributed by atoms with Crippen LogP contribution in [0.5, 0.6) is 5.75 Å². The summed E-state index contributed by atoms with van der Waals surface area (Å²) in [4.78, 5) is 18.4. The van der Waals surface area contributed by atoms with Crippen LogP contribution in [0.3, 0.4) is 0 Å². The smallest absolute Gasteiger partial charge is 0.252 e. The van der Waals surface area contributed by atoms with Crippen LogP contribution in [0.4, 0.5) is 8.78 Å². The van der Waals surface area contributed by atoms with Crippen molar-refractivity contribution < 1.29 is 28.2 Å². The van der Waals surface area contributed by atoms with E-state index in [4.69, 9.17) is 19.6 Å². The molecule has 0 aliphatic carbocycles. The standard InChI is InChI=1S/C28H28F2N2O4/c1-19-28(17-20-6-3-2-4-7-20,27(34)31-18-22-8-11-23(29)16-25(22)30)32-26(36-19)21-9-12-24(13-10-21)35-15-5-14-33/h2-4,6-13,16,19,33H,5,14-15,17-18H2,1H3,(H,31,34)/t19-,28-/m1/s1. The van der Waals surface area contributed by atoms with Crippen molar-refractivity contribution in [2.45, 2.75) is 38.0 Å². The van der Waals surface area contributed by atoms with Gasteiger partial charge >= 0.3 is 0 Å². The summed E-state index contributed by atoms with van der Waals surface area (Å²) < 4.78 is 39.1. The minimum absolute atomic E-state index is 0.0555. The number of rotatable bonds is 10. The van der Waals surface area contributed by atoms with Gasteiger partial charge in [0, 0.05) is 43.2 Å². The van der Waals surface area contributed by atoms with Crippen LogP contribution in [0.2, 0.25) is 0 Å². The molecule has 3 aromatic carbocycles. The maximum absolute atomic E-state index is 14.1. The summed E-state index contributed by atoms with van der Waals surface area (Å²) in [5, 5.41) is 11.7. The van der Waals surface area contributed by atoms with Crippen molar-refractivity contribution in [1.29, 1.82) is 0 Å². The fourth-order valence-corrected chi connectivity index (χ4v) is 4.04. The van der Waals surface area contributed by atoms with Crippen LogP contribution in [0.1, 0.15) is 30.0 Å². The Bertz CT molecular complexity index is 1220. The van der Waals surface area contributed by atoms with Gasteiger partial charge in [-0.1, -0.05) is 36.4 Å². The number of amides is 1. The third-order valence-electron chi connectivity index (χ3n) is 6.10. The molecule has 8 heteroatoms. The van der Waals surface area contributed by atoms with E-state index < -0.39 is 29.2 Å². The highest BCUT2D eigenvalue weighted by Crippen LogP contribution is 2.33. The van der Waals surface area contributed by atoms with E-state index in [0.29, 0.717) is 30.2 Å². The maximum atomic E-state index is 14.1. The maximum Gasteiger partial charge on any atom is 0.252 e. The van der Waals surface area contributed by atoms with Crippen LogP contribution >= 0.6 is 0 Å². The van der Waals surface area contributed by atoms with E-state index >= 15 is 0 Å². The first-order valence-corrected chi connectivity index (χ1v) is 11.8. The van der Waals surface area contributed by atoms with Crippen LogP contribution < -0.4 is 10.1 Å². The molecule has 0 fully saturated rings. The van der Waals surface area contributed by atoms with E-state index in [1.54, 1.807) is 31.2 Å². The normalized spacial score (nSPS) is 18.9. The van der Waals surface area contributed by atoms with Gasteiger partial charge in [-0.05, 0) is 42.8 Å². The van der Waals surface area contributed by atoms with Crippen molar-refractivity contribution in [2.75, 3.05) is 13.2 Å². The lowest BCUT2D eigenvalue weighted by atomic mass is 9.86. The third-order valence-corrected chi connectivity index (χ3v) is 6.10. The number of nitrogens with one attached hydrogen (secondary N) is 1. The molecule has 0 saturated heterocycles. The molecular formula is C28H28F2N2O4. The van der Waals surface area contributed by atoms with Crippen LogP contribution in [0.25, 0.3) is 0 Å². The highest BCUT2D eigenvalue weighted by atomic mass is 19.1. The predicted octanol–water partition coefficient (Wildman–Crippen LogP) is 4.19. The van der Waals surface area contributed by atoms with Crippen LogP contribution in [-0.4, -0.2) is 41.8 Å². The quantitative estimate of drug-likeness (QED) is 0.415. The monoisotopic (exact) mass is 494 g/mol. The molecule has 0 saturated carbocycles. The fourth-order valence-electron chi connectivity index (χ4n) is 4.04. The predicted molar refractivity (Wildman–Crippen MR) is 132 cm³/mol. The molecule has 0 unspecified atom stereocenters. The Morgan fingerprint density at radius 2 is 1.86 bits per heavy atom. The van der Waals surface area contributed by atoms with E-state index in [-0.39, 0.29) is 25.1 Å². The number of aliphatic imine (C=N–C) groups is 1. The lowest BCUT2D eigenvalue weighted by molar-refractivity contribution is -0.128. The number of carbonyl (C=O) groups excluding carboxylic acids is 1. The molecule has 0 spiro atoms. The average molecular weight is 495 g/mol. The zero-order valence-corrected chi connectivity index (χ0v) is 19.9. The molecule has 1 amide bonds. The topological polar surface area (TPSA) is 80.2 Å². The van der Waals surface area contributed by atoms with Crippen LogP contribution in [0, 0.1) is 11.6 Å². The molecule has 2 atom stereocenters. The minimum Gasteiger partial charge on any atom is -0.494 e. The summed E-state index contributed by atoms with van der Waals surface area (Å²) >= 11 is 0. The average Bonchev–Trinajstić information content (AvgIpc) is 3.21. The zero-order valence-electron chi connectivity index (χ0n) is 19.9. The number of nitrogens with zero attached hydrogens (tertiary/aromatic N) is 1. The van der Waals surface area contributed by atoms with Gasteiger partial charge in [0.15, 0.2) is 5.54 Å². The van der Waals surface area contributed by atoms with Gasteiger partial charge in [-0.25, -0.2) is 13.8 Å². The summed E-state index contributed by atoms with van der Waals surface area (Å²) in [6.45, 7) is 2.13. The summed E-state index contributed by atoms with van der Waals surface area (Å²) in [5.74, 6) is -0.855. The van der Waals surface area contributed by atoms with Gasteiger partial charge in [0.1, 0.15) is 23.5 Å². The first-order valence-electron chi connectivity index (χ1n) is 11.8. The Labute approximate surface area is 208 Å². The first kappa shape index (κ1) is 25.3. The number of aliphatic hydroxyl groups is 1. The van der Waals surface area contributed by atoms with E-state index in [2.05, 4.69) is 5.32 Å². The second-order valence-corrected chi connectivity index (χ2v) is 8.63. The second kappa shape index (κ2) is 11.3. The first-order chi connectivity index (χ1) is 17.4. The summed E-state index contributed by atoms with van der Waals surface area (Å²) in [6, 6.07) is 19.9. The van der Waals surface area contributed by atoms with Crippen molar-refractivity contribution in [1.82, 2.24) is 5.32 Å². The highest BCUT2D eigenvalue weighted by Gasteiger charge is 2.50. The number of hydrogen-bond donors (Lipinski definition) is 2. The molecule has 0 radical (unpaired) electrons. The molecule has 0 aromatic heterocycles. The zero-order chi connectivity index (χ0) is 25.5. The van der Waals surface area contributed by atoms with Gasteiger partial charge in [0.25, 0.3) is 5.91 Å². The van der Waals surface area contributed by atoms with E-state index in [0.717, 1.165) is 17.7 Å². The Morgan fingerprint density at radius 3 is 2.56 bits per heavy atom. The van der Waals surface area contributed by atoms with Crippen LogP contribution in [-0.2, 0) is 22.5 Å². The molecule has 1 aliphatic rings. The van der Waals surface area contributed by atoms with Gasteiger partial charge in [-0.15, -0.1) is 0 Å². The van der Waals surface area contributed by atoms with Crippen molar-refractivity contribution in [3.8, 4) is 5.75 Å². The van der Waals surface area contributed by atoms with Gasteiger partial charge in [0.2, 0.25) is 5.90 Å². The van der Waals surface area contributed by atoms with E-state index in [1.165, 1.54) is 6.07 Å². The van der Waals surface area contributed by atoms with Crippen LogP contribution in [0.15, 0.2) is 77.8 Å². The summed E-state index contributed by atoms with van der Waals surface area (Å²) in [5.41, 5.74) is 0.466. The molecule has 2 N–H and O–H groups in total. The van der Waals surface area contributed by atoms with Crippen molar-refractivity contribution in [3.63, 3.8) is 0 Å². The summed E-state index contributed by atoms with van der Waals surface area (Å²) in [6.07, 6.45) is 0.207. The number of benzene rings is 3. The SMILES string of the molecule is C[C@H]1OC(c2ccc(OCCCO)cc2)=N[C@@]1(Cc1ccccc1)C(=O)NCc1ccc(F)cc1F. The number of halogens is 2. The largest absolute Gasteiger partial charge is 0.494 e. The van der Waals surface area contributed by atoms with E-state index in [9.17, 15) is 13.6 Å². The number of aliphatic hydroxyl groups excluding tert-OH is 1. The second-order valence-electron chi connectivity index (χ2n) is 8.63. The van der Waals surface area contributed by atoms with Gasteiger partial charge in [0.05, 0.1) is 6.61 Å². The summed E-state index contributed by atoms with van der Waals surface area (Å²) in [7, 11) is 0. The minimum atomic E-state index is -1.29. The number of carbonyl (C=O) groups is 1. The molecule has 0 bridgehead atoms. The third kappa shape index (κ3) is 5.71. The Morgan fingerprint density at radius 1 is 1.11 bits per heavy atom. The molecule has 4 rings (SSSR count). The molecule has 1 heterocycles. The van der Waals surface area contributed by atoms with Crippen molar-refractivity contribution in [2.24, 2.45) is 4.99 Å². The number of hydrogen-bond acceptors (Lipinski definition) is 5. The Hall–Kier alpha value is -3.78. The van der Waals surface area contributed by atoms with Crippen molar-refractivity contribution >= 4 is 11.8 Å². The van der Waals surface area contributed by atoms with Gasteiger partial charge < -0.3 is 19.9 Å². The molecule has 188 valence electrons. The van der Waals surface area contributed by atoms with Crippen molar-refractivity contribution in [3.05, 3.63) is 101 Å². The van der Waals surface area contributed by atoms with Gasteiger partial charge in [-0.2, -0.15) is 0 Å². The molecule has 1 aliphatic heterocycles. The number of ether oxygens (including phenoxy) is 2. The lowest BCUT2D eigenvalue weighted by Gasteiger charge is -2.28. The molecule has 6 nitrogen and oxygen atoms in total. The Kier molecular flexibility index (Phi) is 7.95. The molecule has 3 aromatic rings. The van der Waals surface area contributed by atoms with Gasteiger partial charge in [-0.3, -0.25) is 4.79 Å². The Balaban J connectivity index is 1.59. The molecule has 36 heavy (non-hydrogen) atoms.